The summed E-state index contributed by atoms with van der Waals surface area (Å²) in [5.41, 5.74) is 2.33. The van der Waals surface area contributed by atoms with Gasteiger partial charge in [-0.05, 0) is 17.7 Å². The molecule has 2 aromatic rings. The van der Waals surface area contributed by atoms with Gasteiger partial charge in [-0.15, -0.1) is 0 Å². The van der Waals surface area contributed by atoms with Crippen molar-refractivity contribution in [2.24, 2.45) is 0 Å². The molecule has 0 fully saturated rings. The molecule has 0 bridgehead atoms. The van der Waals surface area contributed by atoms with Gasteiger partial charge in [0.2, 0.25) is 0 Å². The molecule has 0 heterocycles. The van der Waals surface area contributed by atoms with Crippen LogP contribution in [0.15, 0.2) is 36.4 Å². The number of methoxy groups -OCH3 is 2. The standard InChI is InChI=1S/C15H12NO2/c1-17-14-8-12(10-16)13(9-15(14)18-2)11-6-4-3-5-7-11/h4-9H,1-2H3. The van der Waals surface area contributed by atoms with E-state index >= 15 is 0 Å². The molecule has 0 aliphatic carbocycles. The molecule has 0 saturated carbocycles. The highest BCUT2D eigenvalue weighted by Gasteiger charge is 2.12. The molecule has 0 spiro atoms. The van der Waals surface area contributed by atoms with Crippen molar-refractivity contribution in [3.05, 3.63) is 48.0 Å². The second-order valence-corrected chi connectivity index (χ2v) is 3.65. The first-order chi connectivity index (χ1) is 8.80. The lowest BCUT2D eigenvalue weighted by Gasteiger charge is -2.11. The normalized spacial score (nSPS) is 9.61. The largest absolute Gasteiger partial charge is 0.493 e. The first-order valence-electron chi connectivity index (χ1n) is 5.42. The maximum atomic E-state index is 9.21. The Morgan fingerprint density at radius 2 is 1.67 bits per heavy atom. The van der Waals surface area contributed by atoms with E-state index in [0.717, 1.165) is 11.1 Å². The van der Waals surface area contributed by atoms with Gasteiger partial charge in [-0.3, -0.25) is 0 Å². The maximum Gasteiger partial charge on any atom is 0.162 e. The molecule has 3 heteroatoms. The molecule has 18 heavy (non-hydrogen) atoms. The van der Waals surface area contributed by atoms with Crippen molar-refractivity contribution in [3.8, 4) is 28.7 Å². The second-order valence-electron chi connectivity index (χ2n) is 3.65. The third-order valence-electron chi connectivity index (χ3n) is 2.67. The van der Waals surface area contributed by atoms with Crippen molar-refractivity contribution in [2.75, 3.05) is 14.2 Å². The first kappa shape index (κ1) is 12.0. The van der Waals surface area contributed by atoms with Crippen LogP contribution in [0.5, 0.6) is 11.5 Å². The number of hydrogen-bond donors (Lipinski definition) is 0. The summed E-state index contributed by atoms with van der Waals surface area (Å²) in [6.07, 6.45) is 0. The molecular weight excluding hydrogens is 226 g/mol. The maximum absolute atomic E-state index is 9.21. The van der Waals surface area contributed by atoms with Crippen LogP contribution < -0.4 is 9.47 Å². The predicted molar refractivity (Wildman–Crippen MR) is 68.5 cm³/mol. The van der Waals surface area contributed by atoms with Crippen molar-refractivity contribution in [1.82, 2.24) is 0 Å². The molecule has 0 saturated heterocycles. The number of rotatable bonds is 3. The van der Waals surface area contributed by atoms with Crippen molar-refractivity contribution < 1.29 is 9.47 Å². The Morgan fingerprint density at radius 3 is 2.22 bits per heavy atom. The number of nitriles is 1. The van der Waals surface area contributed by atoms with Crippen LogP contribution in [-0.4, -0.2) is 14.2 Å². The topological polar surface area (TPSA) is 42.2 Å². The fraction of sp³-hybridized carbons (Fsp3) is 0.133. The summed E-state index contributed by atoms with van der Waals surface area (Å²) in [4.78, 5) is 0. The molecule has 0 atom stereocenters. The van der Waals surface area contributed by atoms with E-state index in [9.17, 15) is 5.26 Å². The van der Waals surface area contributed by atoms with Crippen LogP contribution in [0, 0.1) is 17.4 Å². The number of hydrogen-bond acceptors (Lipinski definition) is 3. The molecule has 3 nitrogen and oxygen atoms in total. The van der Waals surface area contributed by atoms with Gasteiger partial charge in [-0.25, -0.2) is 0 Å². The zero-order valence-electron chi connectivity index (χ0n) is 10.2. The Labute approximate surface area is 106 Å². The third-order valence-corrected chi connectivity index (χ3v) is 2.67. The third kappa shape index (κ3) is 2.14. The van der Waals surface area contributed by atoms with Gasteiger partial charge in [0.1, 0.15) is 0 Å². The summed E-state index contributed by atoms with van der Waals surface area (Å²) >= 11 is 0. The van der Waals surface area contributed by atoms with Crippen LogP contribution in [0.4, 0.5) is 0 Å². The Morgan fingerprint density at radius 1 is 1.06 bits per heavy atom. The van der Waals surface area contributed by atoms with Crippen molar-refractivity contribution in [2.45, 2.75) is 0 Å². The minimum absolute atomic E-state index is 0.554. The lowest BCUT2D eigenvalue weighted by Crippen LogP contribution is -1.93. The van der Waals surface area contributed by atoms with Crippen LogP contribution in [0.25, 0.3) is 11.1 Å². The Bertz CT molecular complexity index is 585. The van der Waals surface area contributed by atoms with Crippen LogP contribution in [-0.2, 0) is 0 Å². The second kappa shape index (κ2) is 5.24. The molecule has 0 amide bonds. The van der Waals surface area contributed by atoms with Gasteiger partial charge >= 0.3 is 0 Å². The van der Waals surface area contributed by atoms with Gasteiger partial charge < -0.3 is 9.47 Å². The summed E-state index contributed by atoms with van der Waals surface area (Å²) in [6, 6.07) is 16.1. The van der Waals surface area contributed by atoms with E-state index in [1.165, 1.54) is 0 Å². The van der Waals surface area contributed by atoms with Crippen LogP contribution in [0.1, 0.15) is 5.56 Å². The molecule has 1 radical (unpaired) electrons. The van der Waals surface area contributed by atoms with E-state index in [0.29, 0.717) is 17.1 Å². The molecule has 0 unspecified atom stereocenters. The van der Waals surface area contributed by atoms with E-state index in [4.69, 9.17) is 9.47 Å². The molecule has 2 aromatic carbocycles. The highest BCUT2D eigenvalue weighted by atomic mass is 16.5. The van der Waals surface area contributed by atoms with Gasteiger partial charge in [-0.1, -0.05) is 24.3 Å². The number of benzene rings is 2. The fourth-order valence-corrected chi connectivity index (χ4v) is 1.78. The van der Waals surface area contributed by atoms with Gasteiger partial charge in [0.15, 0.2) is 11.5 Å². The van der Waals surface area contributed by atoms with E-state index in [-0.39, 0.29) is 0 Å². The smallest absolute Gasteiger partial charge is 0.162 e. The molecular formula is C15H12NO2. The summed E-state index contributed by atoms with van der Waals surface area (Å²) < 4.78 is 10.4. The van der Waals surface area contributed by atoms with Crippen molar-refractivity contribution >= 4 is 0 Å². The van der Waals surface area contributed by atoms with Crippen LogP contribution >= 0.6 is 0 Å². The molecule has 2 rings (SSSR count). The van der Waals surface area contributed by atoms with Crippen LogP contribution in [0.3, 0.4) is 0 Å². The minimum Gasteiger partial charge on any atom is -0.493 e. The highest BCUT2D eigenvalue weighted by Crippen LogP contribution is 2.35. The fourth-order valence-electron chi connectivity index (χ4n) is 1.78. The van der Waals surface area contributed by atoms with Crippen molar-refractivity contribution in [3.63, 3.8) is 0 Å². The van der Waals surface area contributed by atoms with Gasteiger partial charge in [-0.2, -0.15) is 5.26 Å². The number of nitrogens with zero attached hydrogens (tertiary/aromatic N) is 1. The van der Waals surface area contributed by atoms with E-state index in [1.807, 2.05) is 30.3 Å². The summed E-state index contributed by atoms with van der Waals surface area (Å²) in [5, 5.41) is 9.21. The van der Waals surface area contributed by atoms with Gasteiger partial charge in [0.25, 0.3) is 0 Å². The van der Waals surface area contributed by atoms with E-state index < -0.39 is 0 Å². The monoisotopic (exact) mass is 238 g/mol. The summed E-state index contributed by atoms with van der Waals surface area (Å²) in [6.45, 7) is 0. The summed E-state index contributed by atoms with van der Waals surface area (Å²) in [7, 11) is 3.13. The Hall–Kier alpha value is -2.47. The van der Waals surface area contributed by atoms with E-state index in [2.05, 4.69) is 12.1 Å². The Kier molecular flexibility index (Phi) is 3.49. The molecule has 0 aliphatic heterocycles. The van der Waals surface area contributed by atoms with Gasteiger partial charge in [0, 0.05) is 11.6 Å². The molecule has 0 aromatic heterocycles. The van der Waals surface area contributed by atoms with Crippen molar-refractivity contribution in [1.29, 1.82) is 5.26 Å². The average molecular weight is 238 g/mol. The van der Waals surface area contributed by atoms with Crippen LogP contribution in [0.2, 0.25) is 0 Å². The predicted octanol–water partition coefficient (Wildman–Crippen LogP) is 3.04. The quantitative estimate of drug-likeness (QED) is 0.825. The molecule has 0 N–H and O–H groups in total. The molecule has 89 valence electrons. The van der Waals surface area contributed by atoms with Gasteiger partial charge in [0.05, 0.1) is 25.9 Å². The first-order valence-corrected chi connectivity index (χ1v) is 5.42. The SMILES string of the molecule is COc1cc(C#N)c(-c2cc[c]cc2)cc1OC. The summed E-state index contributed by atoms with van der Waals surface area (Å²) in [5.74, 6) is 1.17. The lowest BCUT2D eigenvalue weighted by molar-refractivity contribution is 0.355. The zero-order chi connectivity index (χ0) is 13.0. The lowest BCUT2D eigenvalue weighted by atomic mass is 9.99. The number of ether oxygens (including phenoxy) is 2. The van der Waals surface area contributed by atoms with E-state index in [1.54, 1.807) is 20.3 Å². The average Bonchev–Trinajstić information content (AvgIpc) is 2.46. The molecule has 0 aliphatic rings. The zero-order valence-corrected chi connectivity index (χ0v) is 10.2. The Balaban J connectivity index is 2.64. The highest BCUT2D eigenvalue weighted by molar-refractivity contribution is 5.74. The minimum atomic E-state index is 0.554.